The standard InChI is InChI=1S/C11H19N3O/c1-2-14-8-11(7-13-14)6-12-5-10-3-4-15-9-10/h7-8,10,12H,2-6,9H2,1H3. The van der Waals surface area contributed by atoms with E-state index >= 15 is 0 Å². The maximum Gasteiger partial charge on any atom is 0.0534 e. The minimum absolute atomic E-state index is 0.700. The van der Waals surface area contributed by atoms with Crippen LogP contribution in [0, 0.1) is 5.92 Å². The lowest BCUT2D eigenvalue weighted by Gasteiger charge is -2.07. The number of nitrogens with one attached hydrogen (secondary N) is 1. The maximum absolute atomic E-state index is 5.32. The van der Waals surface area contributed by atoms with Gasteiger partial charge in [-0.25, -0.2) is 0 Å². The molecular formula is C11H19N3O. The minimum atomic E-state index is 0.700. The van der Waals surface area contributed by atoms with Crippen molar-refractivity contribution in [1.29, 1.82) is 0 Å². The van der Waals surface area contributed by atoms with E-state index in [1.165, 1.54) is 12.0 Å². The van der Waals surface area contributed by atoms with Crippen LogP contribution in [0.4, 0.5) is 0 Å². The molecule has 0 amide bonds. The zero-order valence-electron chi connectivity index (χ0n) is 9.28. The van der Waals surface area contributed by atoms with Crippen LogP contribution in [-0.4, -0.2) is 29.5 Å². The third-order valence-corrected chi connectivity index (χ3v) is 2.80. The zero-order chi connectivity index (χ0) is 10.5. The van der Waals surface area contributed by atoms with E-state index in [2.05, 4.69) is 23.5 Å². The summed E-state index contributed by atoms with van der Waals surface area (Å²) in [4.78, 5) is 0. The summed E-state index contributed by atoms with van der Waals surface area (Å²) in [6, 6.07) is 0. The number of hydrogen-bond donors (Lipinski definition) is 1. The monoisotopic (exact) mass is 209 g/mol. The van der Waals surface area contributed by atoms with Gasteiger partial charge in [-0.2, -0.15) is 5.10 Å². The molecule has 0 radical (unpaired) electrons. The predicted octanol–water partition coefficient (Wildman–Crippen LogP) is 1.03. The van der Waals surface area contributed by atoms with Gasteiger partial charge in [0, 0.05) is 38.0 Å². The molecule has 1 N–H and O–H groups in total. The van der Waals surface area contributed by atoms with Crippen molar-refractivity contribution < 1.29 is 4.74 Å². The molecule has 0 spiro atoms. The first-order valence-corrected chi connectivity index (χ1v) is 5.68. The van der Waals surface area contributed by atoms with E-state index in [9.17, 15) is 0 Å². The smallest absolute Gasteiger partial charge is 0.0534 e. The lowest BCUT2D eigenvalue weighted by Crippen LogP contribution is -2.22. The summed E-state index contributed by atoms with van der Waals surface area (Å²) in [5, 5.41) is 7.68. The van der Waals surface area contributed by atoms with Crippen molar-refractivity contribution in [3.05, 3.63) is 18.0 Å². The van der Waals surface area contributed by atoms with Crippen LogP contribution in [0.2, 0.25) is 0 Å². The number of aryl methyl sites for hydroxylation is 1. The Morgan fingerprint density at radius 1 is 1.67 bits per heavy atom. The van der Waals surface area contributed by atoms with Gasteiger partial charge in [-0.05, 0) is 19.3 Å². The molecule has 1 aromatic heterocycles. The van der Waals surface area contributed by atoms with Gasteiger partial charge < -0.3 is 10.1 Å². The molecule has 1 aromatic rings. The largest absolute Gasteiger partial charge is 0.381 e. The van der Waals surface area contributed by atoms with Gasteiger partial charge in [0.2, 0.25) is 0 Å². The van der Waals surface area contributed by atoms with Gasteiger partial charge in [-0.1, -0.05) is 0 Å². The van der Waals surface area contributed by atoms with E-state index in [1.807, 2.05) is 10.9 Å². The van der Waals surface area contributed by atoms with E-state index < -0.39 is 0 Å². The number of hydrogen-bond acceptors (Lipinski definition) is 3. The van der Waals surface area contributed by atoms with Gasteiger partial charge in [0.1, 0.15) is 0 Å². The molecule has 84 valence electrons. The third kappa shape index (κ3) is 3.04. The van der Waals surface area contributed by atoms with Crippen LogP contribution >= 0.6 is 0 Å². The second-order valence-corrected chi connectivity index (χ2v) is 4.06. The van der Waals surface area contributed by atoms with Crippen LogP contribution in [0.5, 0.6) is 0 Å². The molecule has 1 aliphatic heterocycles. The summed E-state index contributed by atoms with van der Waals surface area (Å²) in [7, 11) is 0. The number of ether oxygens (including phenoxy) is 1. The van der Waals surface area contributed by atoms with Gasteiger partial charge in [-0.15, -0.1) is 0 Å². The van der Waals surface area contributed by atoms with Crippen molar-refractivity contribution in [3.63, 3.8) is 0 Å². The number of aromatic nitrogens is 2. The van der Waals surface area contributed by atoms with Crippen LogP contribution in [0.1, 0.15) is 18.9 Å². The summed E-state index contributed by atoms with van der Waals surface area (Å²) < 4.78 is 7.28. The molecule has 2 rings (SSSR count). The fourth-order valence-corrected chi connectivity index (χ4v) is 1.84. The van der Waals surface area contributed by atoms with Crippen LogP contribution in [0.3, 0.4) is 0 Å². The summed E-state index contributed by atoms with van der Waals surface area (Å²) in [5.41, 5.74) is 1.26. The van der Waals surface area contributed by atoms with Gasteiger partial charge in [-0.3, -0.25) is 4.68 Å². The average molecular weight is 209 g/mol. The normalized spacial score (nSPS) is 21.0. The first-order chi connectivity index (χ1) is 7.38. The highest BCUT2D eigenvalue weighted by molar-refractivity contribution is 5.03. The fourth-order valence-electron chi connectivity index (χ4n) is 1.84. The number of rotatable bonds is 5. The van der Waals surface area contributed by atoms with E-state index in [-0.39, 0.29) is 0 Å². The van der Waals surface area contributed by atoms with Crippen molar-refractivity contribution >= 4 is 0 Å². The molecule has 0 aromatic carbocycles. The Labute approximate surface area is 90.6 Å². The summed E-state index contributed by atoms with van der Waals surface area (Å²) in [5.74, 6) is 0.700. The quantitative estimate of drug-likeness (QED) is 0.787. The average Bonchev–Trinajstić information content (AvgIpc) is 2.88. The fraction of sp³-hybridized carbons (Fsp3) is 0.727. The minimum Gasteiger partial charge on any atom is -0.381 e. The summed E-state index contributed by atoms with van der Waals surface area (Å²) >= 11 is 0. The highest BCUT2D eigenvalue weighted by Gasteiger charge is 2.14. The van der Waals surface area contributed by atoms with Crippen LogP contribution in [-0.2, 0) is 17.8 Å². The van der Waals surface area contributed by atoms with Crippen molar-refractivity contribution in [2.24, 2.45) is 5.92 Å². The molecule has 4 nitrogen and oxygen atoms in total. The van der Waals surface area contributed by atoms with Gasteiger partial charge in [0.15, 0.2) is 0 Å². The summed E-state index contributed by atoms with van der Waals surface area (Å²) in [6.45, 7) is 6.85. The molecule has 1 unspecified atom stereocenters. The first kappa shape index (κ1) is 10.6. The second kappa shape index (κ2) is 5.28. The Morgan fingerprint density at radius 3 is 3.27 bits per heavy atom. The molecule has 2 heterocycles. The highest BCUT2D eigenvalue weighted by Crippen LogP contribution is 2.10. The maximum atomic E-state index is 5.32. The molecule has 1 aliphatic rings. The predicted molar refractivity (Wildman–Crippen MR) is 58.5 cm³/mol. The van der Waals surface area contributed by atoms with Crippen molar-refractivity contribution in [2.45, 2.75) is 26.4 Å². The highest BCUT2D eigenvalue weighted by atomic mass is 16.5. The molecule has 1 fully saturated rings. The van der Waals surface area contributed by atoms with E-state index in [0.29, 0.717) is 5.92 Å². The third-order valence-electron chi connectivity index (χ3n) is 2.80. The Morgan fingerprint density at radius 2 is 2.60 bits per heavy atom. The van der Waals surface area contributed by atoms with Crippen LogP contribution < -0.4 is 5.32 Å². The molecule has 15 heavy (non-hydrogen) atoms. The Hall–Kier alpha value is -0.870. The summed E-state index contributed by atoms with van der Waals surface area (Å²) in [6.07, 6.45) is 5.22. The topological polar surface area (TPSA) is 39.1 Å². The van der Waals surface area contributed by atoms with Crippen LogP contribution in [0.25, 0.3) is 0 Å². The molecule has 1 saturated heterocycles. The van der Waals surface area contributed by atoms with Crippen molar-refractivity contribution in [3.8, 4) is 0 Å². The molecule has 4 heteroatoms. The SMILES string of the molecule is CCn1cc(CNCC2CCOC2)cn1. The van der Waals surface area contributed by atoms with Gasteiger partial charge in [0.05, 0.1) is 12.8 Å². The molecule has 0 saturated carbocycles. The van der Waals surface area contributed by atoms with Crippen molar-refractivity contribution in [1.82, 2.24) is 15.1 Å². The molecule has 0 bridgehead atoms. The van der Waals surface area contributed by atoms with E-state index in [0.717, 1.165) is 32.8 Å². The second-order valence-electron chi connectivity index (χ2n) is 4.06. The lowest BCUT2D eigenvalue weighted by atomic mass is 10.1. The van der Waals surface area contributed by atoms with E-state index in [1.54, 1.807) is 0 Å². The number of nitrogens with zero attached hydrogens (tertiary/aromatic N) is 2. The van der Waals surface area contributed by atoms with Crippen molar-refractivity contribution in [2.75, 3.05) is 19.8 Å². The van der Waals surface area contributed by atoms with Gasteiger partial charge >= 0.3 is 0 Å². The van der Waals surface area contributed by atoms with Crippen LogP contribution in [0.15, 0.2) is 12.4 Å². The zero-order valence-corrected chi connectivity index (χ0v) is 9.28. The van der Waals surface area contributed by atoms with E-state index in [4.69, 9.17) is 4.74 Å². The molecule has 0 aliphatic carbocycles. The Balaban J connectivity index is 1.68. The van der Waals surface area contributed by atoms with Gasteiger partial charge in [0.25, 0.3) is 0 Å². The first-order valence-electron chi connectivity index (χ1n) is 5.68. The lowest BCUT2D eigenvalue weighted by molar-refractivity contribution is 0.185. The molecular weight excluding hydrogens is 190 g/mol. The molecule has 1 atom stereocenters. The Bertz CT molecular complexity index is 292. The Kier molecular flexibility index (Phi) is 3.75.